The minimum absolute atomic E-state index is 0.296. The molecule has 26 heavy (non-hydrogen) atoms. The molecule has 6 nitrogen and oxygen atoms in total. The standard InChI is InChI=1S/C19H13N5OS/c25-17(11-10-14-12-20-15-8-4-5-9-16(15)21-14)22-19-24-23-18(26-19)13-6-2-1-3-7-13/h1-12H,(H,22,24,25)/b11-10+. The largest absolute Gasteiger partial charge is 0.297 e. The number of amides is 1. The van der Waals surface area contributed by atoms with Crippen molar-refractivity contribution in [3.05, 3.63) is 72.6 Å². The molecule has 0 saturated heterocycles. The van der Waals surface area contributed by atoms with Crippen molar-refractivity contribution in [2.45, 2.75) is 0 Å². The van der Waals surface area contributed by atoms with Crippen LogP contribution < -0.4 is 5.32 Å². The summed E-state index contributed by atoms with van der Waals surface area (Å²) >= 11 is 1.32. The fourth-order valence-corrected chi connectivity index (χ4v) is 3.08. The van der Waals surface area contributed by atoms with Gasteiger partial charge in [0.1, 0.15) is 5.01 Å². The average molecular weight is 359 g/mol. The molecule has 0 unspecified atom stereocenters. The Labute approximate surface area is 153 Å². The molecule has 0 atom stereocenters. The number of fused-ring (bicyclic) bond motifs is 1. The third-order valence-corrected chi connectivity index (χ3v) is 4.44. The van der Waals surface area contributed by atoms with Crippen LogP contribution in [0.5, 0.6) is 0 Å². The number of anilines is 1. The lowest BCUT2D eigenvalue weighted by molar-refractivity contribution is -0.111. The average Bonchev–Trinajstić information content (AvgIpc) is 3.15. The first-order valence-corrected chi connectivity index (χ1v) is 8.69. The van der Waals surface area contributed by atoms with Crippen LogP contribution in [-0.2, 0) is 4.79 Å². The van der Waals surface area contributed by atoms with Gasteiger partial charge in [-0.3, -0.25) is 15.1 Å². The van der Waals surface area contributed by atoms with Crippen molar-refractivity contribution < 1.29 is 4.79 Å². The molecule has 0 spiro atoms. The topological polar surface area (TPSA) is 80.7 Å². The number of para-hydroxylation sites is 2. The zero-order valence-corrected chi connectivity index (χ0v) is 14.4. The van der Waals surface area contributed by atoms with Gasteiger partial charge in [-0.2, -0.15) is 0 Å². The van der Waals surface area contributed by atoms with Crippen molar-refractivity contribution >= 4 is 39.5 Å². The Bertz CT molecular complexity index is 1090. The molecule has 0 aliphatic rings. The molecule has 0 radical (unpaired) electrons. The molecule has 7 heteroatoms. The fourth-order valence-electron chi connectivity index (χ4n) is 2.33. The van der Waals surface area contributed by atoms with Crippen LogP contribution in [0.1, 0.15) is 5.69 Å². The molecule has 1 N–H and O–H groups in total. The van der Waals surface area contributed by atoms with Gasteiger partial charge in [-0.1, -0.05) is 53.8 Å². The Morgan fingerprint density at radius 3 is 2.58 bits per heavy atom. The fraction of sp³-hybridized carbons (Fsp3) is 0. The third kappa shape index (κ3) is 3.62. The monoisotopic (exact) mass is 359 g/mol. The molecule has 2 heterocycles. The summed E-state index contributed by atoms with van der Waals surface area (Å²) in [7, 11) is 0. The van der Waals surface area contributed by atoms with Gasteiger partial charge in [0.05, 0.1) is 22.9 Å². The quantitative estimate of drug-likeness (QED) is 0.561. The molecule has 4 rings (SSSR count). The van der Waals surface area contributed by atoms with Gasteiger partial charge in [0, 0.05) is 11.6 Å². The van der Waals surface area contributed by atoms with Crippen LogP contribution in [0.4, 0.5) is 5.13 Å². The zero-order chi connectivity index (χ0) is 17.8. The molecular formula is C19H13N5OS. The lowest BCUT2D eigenvalue weighted by Gasteiger charge is -1.98. The van der Waals surface area contributed by atoms with Gasteiger partial charge in [0.2, 0.25) is 11.0 Å². The molecule has 126 valence electrons. The highest BCUT2D eigenvalue weighted by molar-refractivity contribution is 7.18. The SMILES string of the molecule is O=C(/C=C/c1cnc2ccccc2n1)Nc1nnc(-c2ccccc2)s1. The summed E-state index contributed by atoms with van der Waals surface area (Å²) in [5.74, 6) is -0.296. The maximum atomic E-state index is 12.1. The van der Waals surface area contributed by atoms with E-state index in [1.807, 2.05) is 54.6 Å². The molecule has 2 aromatic heterocycles. The molecule has 0 bridgehead atoms. The summed E-state index contributed by atoms with van der Waals surface area (Å²) in [4.78, 5) is 20.8. The van der Waals surface area contributed by atoms with E-state index in [2.05, 4.69) is 25.5 Å². The minimum atomic E-state index is -0.296. The number of aromatic nitrogens is 4. The predicted octanol–water partition coefficient (Wildman–Crippen LogP) is 3.80. The smallest absolute Gasteiger partial charge is 0.250 e. The lowest BCUT2D eigenvalue weighted by Crippen LogP contribution is -2.07. The molecular weight excluding hydrogens is 346 g/mol. The number of hydrogen-bond acceptors (Lipinski definition) is 6. The van der Waals surface area contributed by atoms with Crippen LogP contribution in [0.15, 0.2) is 66.9 Å². The Morgan fingerprint density at radius 1 is 0.962 bits per heavy atom. The van der Waals surface area contributed by atoms with Gasteiger partial charge in [0.25, 0.3) is 0 Å². The normalized spacial score (nSPS) is 11.1. The molecule has 0 fully saturated rings. The predicted molar refractivity (Wildman–Crippen MR) is 103 cm³/mol. The van der Waals surface area contributed by atoms with E-state index < -0.39 is 0 Å². The summed E-state index contributed by atoms with van der Waals surface area (Å²) in [5.41, 5.74) is 3.18. The summed E-state index contributed by atoms with van der Waals surface area (Å²) in [6, 6.07) is 17.3. The van der Waals surface area contributed by atoms with Crippen LogP contribution in [0.25, 0.3) is 27.7 Å². The number of nitrogens with zero attached hydrogens (tertiary/aromatic N) is 4. The van der Waals surface area contributed by atoms with E-state index in [1.54, 1.807) is 12.3 Å². The second-order valence-corrected chi connectivity index (χ2v) is 6.36. The molecule has 4 aromatic rings. The maximum absolute atomic E-state index is 12.1. The van der Waals surface area contributed by atoms with E-state index in [0.29, 0.717) is 10.8 Å². The molecule has 0 aliphatic carbocycles. The van der Waals surface area contributed by atoms with Gasteiger partial charge < -0.3 is 0 Å². The highest BCUT2D eigenvalue weighted by atomic mass is 32.1. The summed E-state index contributed by atoms with van der Waals surface area (Å²) in [6.07, 6.45) is 4.65. The molecule has 2 aromatic carbocycles. The number of rotatable bonds is 4. The number of nitrogens with one attached hydrogen (secondary N) is 1. The Hall–Kier alpha value is -3.45. The van der Waals surface area contributed by atoms with E-state index in [0.717, 1.165) is 21.6 Å². The van der Waals surface area contributed by atoms with Gasteiger partial charge >= 0.3 is 0 Å². The Kier molecular flexibility index (Phi) is 4.44. The summed E-state index contributed by atoms with van der Waals surface area (Å²) in [6.45, 7) is 0. The number of benzene rings is 2. The van der Waals surface area contributed by atoms with Crippen LogP contribution in [0.3, 0.4) is 0 Å². The van der Waals surface area contributed by atoms with E-state index in [-0.39, 0.29) is 5.91 Å². The van der Waals surface area contributed by atoms with Crippen molar-refractivity contribution in [3.63, 3.8) is 0 Å². The van der Waals surface area contributed by atoms with E-state index >= 15 is 0 Å². The number of carbonyl (C=O) groups excluding carboxylic acids is 1. The summed E-state index contributed by atoms with van der Waals surface area (Å²) in [5, 5.41) is 12.0. The van der Waals surface area contributed by atoms with Gasteiger partial charge in [-0.15, -0.1) is 10.2 Å². The molecule has 0 aliphatic heterocycles. The van der Waals surface area contributed by atoms with E-state index in [1.165, 1.54) is 17.4 Å². The molecule has 1 amide bonds. The van der Waals surface area contributed by atoms with Crippen LogP contribution in [-0.4, -0.2) is 26.1 Å². The minimum Gasteiger partial charge on any atom is -0.297 e. The second-order valence-electron chi connectivity index (χ2n) is 5.38. The van der Waals surface area contributed by atoms with Gasteiger partial charge in [-0.25, -0.2) is 4.98 Å². The highest BCUT2D eigenvalue weighted by Crippen LogP contribution is 2.25. The van der Waals surface area contributed by atoms with Crippen LogP contribution in [0.2, 0.25) is 0 Å². The third-order valence-electron chi connectivity index (χ3n) is 3.55. The van der Waals surface area contributed by atoms with Gasteiger partial charge in [-0.05, 0) is 18.2 Å². The van der Waals surface area contributed by atoms with Crippen LogP contribution in [0, 0.1) is 0 Å². The summed E-state index contributed by atoms with van der Waals surface area (Å²) < 4.78 is 0. The maximum Gasteiger partial charge on any atom is 0.250 e. The Balaban J connectivity index is 1.45. The van der Waals surface area contributed by atoms with E-state index in [9.17, 15) is 4.79 Å². The first-order chi connectivity index (χ1) is 12.8. The molecule has 0 saturated carbocycles. The highest BCUT2D eigenvalue weighted by Gasteiger charge is 2.08. The van der Waals surface area contributed by atoms with Crippen molar-refractivity contribution in [2.75, 3.05) is 5.32 Å². The van der Waals surface area contributed by atoms with Crippen molar-refractivity contribution in [3.8, 4) is 10.6 Å². The lowest BCUT2D eigenvalue weighted by atomic mass is 10.2. The van der Waals surface area contributed by atoms with Gasteiger partial charge in [0.15, 0.2) is 0 Å². The first kappa shape index (κ1) is 16.0. The number of carbonyl (C=O) groups is 1. The zero-order valence-electron chi connectivity index (χ0n) is 13.5. The van der Waals surface area contributed by atoms with Crippen molar-refractivity contribution in [1.82, 2.24) is 20.2 Å². The van der Waals surface area contributed by atoms with E-state index in [4.69, 9.17) is 0 Å². The van der Waals surface area contributed by atoms with Crippen LogP contribution >= 0.6 is 11.3 Å². The number of hydrogen-bond donors (Lipinski definition) is 1. The van der Waals surface area contributed by atoms with Crippen molar-refractivity contribution in [2.24, 2.45) is 0 Å². The van der Waals surface area contributed by atoms with Crippen molar-refractivity contribution in [1.29, 1.82) is 0 Å². The second kappa shape index (κ2) is 7.20. The Morgan fingerprint density at radius 2 is 1.73 bits per heavy atom. The first-order valence-electron chi connectivity index (χ1n) is 7.88.